The molecule has 2 aromatic carbocycles. The van der Waals surface area contributed by atoms with Crippen molar-refractivity contribution in [2.45, 2.75) is 13.3 Å². The summed E-state index contributed by atoms with van der Waals surface area (Å²) in [6.07, 6.45) is 3.22. The standard InChI is InChI=1S/C22H22ClF2N5O/c1-4-13-9-20-15(11-19(13)29-22(31)18(25)7-8-30(2)3)21(27-12-26-20)28-14-5-6-17(24)16(23)10-14/h5-7,9-12H,4,8H2,1-3H3,(H,29,31)(H,26,27,28)/b18-7+. The fourth-order valence-electron chi connectivity index (χ4n) is 2.90. The largest absolute Gasteiger partial charge is 0.340 e. The first kappa shape index (κ1) is 22.6. The molecule has 0 fully saturated rings. The van der Waals surface area contributed by atoms with Crippen LogP contribution in [-0.4, -0.2) is 41.4 Å². The first-order chi connectivity index (χ1) is 14.8. The van der Waals surface area contributed by atoms with Gasteiger partial charge in [0.1, 0.15) is 18.0 Å². The Bertz CT molecular complexity index is 1150. The van der Waals surface area contributed by atoms with E-state index in [0.717, 1.165) is 5.56 Å². The van der Waals surface area contributed by atoms with E-state index in [1.807, 2.05) is 13.0 Å². The lowest BCUT2D eigenvalue weighted by Crippen LogP contribution is -2.16. The number of rotatable bonds is 7. The molecule has 3 aromatic rings. The molecule has 0 saturated carbocycles. The molecule has 0 aliphatic carbocycles. The molecule has 0 spiro atoms. The summed E-state index contributed by atoms with van der Waals surface area (Å²) in [7, 11) is 3.56. The molecule has 3 rings (SSSR count). The molecule has 0 saturated heterocycles. The number of hydrogen-bond acceptors (Lipinski definition) is 5. The van der Waals surface area contributed by atoms with Crippen LogP contribution in [0.25, 0.3) is 10.9 Å². The van der Waals surface area contributed by atoms with Gasteiger partial charge in [-0.2, -0.15) is 0 Å². The van der Waals surface area contributed by atoms with Crippen LogP contribution in [0.2, 0.25) is 5.02 Å². The first-order valence-corrected chi connectivity index (χ1v) is 9.97. The second kappa shape index (κ2) is 9.80. The van der Waals surface area contributed by atoms with E-state index in [0.29, 0.717) is 41.1 Å². The van der Waals surface area contributed by atoms with Gasteiger partial charge >= 0.3 is 0 Å². The summed E-state index contributed by atoms with van der Waals surface area (Å²) in [5.74, 6) is -1.77. The number of nitrogens with zero attached hydrogens (tertiary/aromatic N) is 3. The van der Waals surface area contributed by atoms with E-state index in [2.05, 4.69) is 20.6 Å². The van der Waals surface area contributed by atoms with Gasteiger partial charge in [0.2, 0.25) is 0 Å². The maximum Gasteiger partial charge on any atom is 0.284 e. The van der Waals surface area contributed by atoms with E-state index in [9.17, 15) is 13.6 Å². The molecule has 0 aliphatic heterocycles. The number of fused-ring (bicyclic) bond motifs is 1. The summed E-state index contributed by atoms with van der Waals surface area (Å²) in [4.78, 5) is 22.6. The summed E-state index contributed by atoms with van der Waals surface area (Å²) >= 11 is 5.86. The second-order valence-electron chi connectivity index (χ2n) is 7.12. The maximum absolute atomic E-state index is 14.2. The average molecular weight is 446 g/mol. The van der Waals surface area contributed by atoms with Crippen LogP contribution in [-0.2, 0) is 11.2 Å². The average Bonchev–Trinajstić information content (AvgIpc) is 2.74. The molecule has 162 valence electrons. The highest BCUT2D eigenvalue weighted by molar-refractivity contribution is 6.31. The van der Waals surface area contributed by atoms with Gasteiger partial charge < -0.3 is 15.5 Å². The third-order valence-electron chi connectivity index (χ3n) is 4.52. The van der Waals surface area contributed by atoms with Crippen LogP contribution in [0.5, 0.6) is 0 Å². The zero-order valence-corrected chi connectivity index (χ0v) is 18.1. The van der Waals surface area contributed by atoms with Gasteiger partial charge in [0.15, 0.2) is 5.83 Å². The molecule has 1 amide bonds. The number of benzene rings is 2. The zero-order valence-electron chi connectivity index (χ0n) is 17.3. The van der Waals surface area contributed by atoms with Gasteiger partial charge in [-0.05, 0) is 62.5 Å². The third-order valence-corrected chi connectivity index (χ3v) is 4.81. The molecule has 0 bridgehead atoms. The molecule has 0 radical (unpaired) electrons. The molecular formula is C22H22ClF2N5O. The minimum Gasteiger partial charge on any atom is -0.340 e. The van der Waals surface area contributed by atoms with Crippen molar-refractivity contribution in [3.8, 4) is 0 Å². The van der Waals surface area contributed by atoms with Crippen LogP contribution in [0.3, 0.4) is 0 Å². The van der Waals surface area contributed by atoms with E-state index < -0.39 is 17.6 Å². The lowest BCUT2D eigenvalue weighted by Gasteiger charge is -2.14. The Kier molecular flexibility index (Phi) is 7.14. The monoisotopic (exact) mass is 445 g/mol. The molecule has 0 atom stereocenters. The van der Waals surface area contributed by atoms with Crippen molar-refractivity contribution in [3.05, 3.63) is 65.0 Å². The Morgan fingerprint density at radius 2 is 2.00 bits per heavy atom. The number of carbonyl (C=O) groups excluding carboxylic acids is 1. The van der Waals surface area contributed by atoms with Crippen LogP contribution in [0.15, 0.2) is 48.6 Å². The summed E-state index contributed by atoms with van der Waals surface area (Å²) in [6, 6.07) is 7.73. The summed E-state index contributed by atoms with van der Waals surface area (Å²) in [5, 5.41) is 6.29. The molecule has 2 N–H and O–H groups in total. The van der Waals surface area contributed by atoms with Gasteiger partial charge in [-0.1, -0.05) is 18.5 Å². The first-order valence-electron chi connectivity index (χ1n) is 9.60. The Morgan fingerprint density at radius 1 is 1.23 bits per heavy atom. The molecule has 1 aromatic heterocycles. The highest BCUT2D eigenvalue weighted by Crippen LogP contribution is 2.30. The van der Waals surface area contributed by atoms with Crippen LogP contribution >= 0.6 is 11.6 Å². The van der Waals surface area contributed by atoms with Crippen molar-refractivity contribution < 1.29 is 13.6 Å². The molecular weight excluding hydrogens is 424 g/mol. The van der Waals surface area contributed by atoms with Crippen molar-refractivity contribution in [2.24, 2.45) is 0 Å². The molecule has 31 heavy (non-hydrogen) atoms. The minimum atomic E-state index is -0.862. The molecule has 9 heteroatoms. The van der Waals surface area contributed by atoms with Crippen molar-refractivity contribution in [3.63, 3.8) is 0 Å². The summed E-state index contributed by atoms with van der Waals surface area (Å²) < 4.78 is 27.6. The van der Waals surface area contributed by atoms with Gasteiger partial charge in [0, 0.05) is 23.3 Å². The molecule has 0 aliphatic rings. The van der Waals surface area contributed by atoms with E-state index in [1.54, 1.807) is 25.1 Å². The molecule has 0 unspecified atom stereocenters. The van der Waals surface area contributed by atoms with Crippen LogP contribution in [0.4, 0.5) is 26.0 Å². The predicted octanol–water partition coefficient (Wildman–Crippen LogP) is 5.08. The lowest BCUT2D eigenvalue weighted by atomic mass is 10.1. The number of carbonyl (C=O) groups is 1. The van der Waals surface area contributed by atoms with E-state index >= 15 is 0 Å². The van der Waals surface area contributed by atoms with Crippen LogP contribution in [0.1, 0.15) is 12.5 Å². The van der Waals surface area contributed by atoms with Gasteiger partial charge in [0.25, 0.3) is 5.91 Å². The van der Waals surface area contributed by atoms with Gasteiger partial charge in [-0.25, -0.2) is 18.7 Å². The zero-order chi connectivity index (χ0) is 22.5. The Labute approximate surface area is 183 Å². The fourth-order valence-corrected chi connectivity index (χ4v) is 3.08. The number of anilines is 3. The number of hydrogen-bond donors (Lipinski definition) is 2. The number of nitrogens with one attached hydrogen (secondary N) is 2. The SMILES string of the molecule is CCc1cc2ncnc(Nc3ccc(F)c(Cl)c3)c2cc1NC(=O)/C(F)=C\CN(C)C. The Hall–Kier alpha value is -3.10. The van der Waals surface area contributed by atoms with Gasteiger partial charge in [-0.15, -0.1) is 0 Å². The highest BCUT2D eigenvalue weighted by Gasteiger charge is 2.14. The maximum atomic E-state index is 14.2. The smallest absolute Gasteiger partial charge is 0.284 e. The van der Waals surface area contributed by atoms with Crippen molar-refractivity contribution in [2.75, 3.05) is 31.3 Å². The van der Waals surface area contributed by atoms with Crippen LogP contribution in [0, 0.1) is 5.82 Å². The molecule has 1 heterocycles. The Balaban J connectivity index is 1.97. The van der Waals surface area contributed by atoms with E-state index in [1.165, 1.54) is 30.6 Å². The quantitative estimate of drug-likeness (QED) is 0.496. The van der Waals surface area contributed by atoms with Crippen molar-refractivity contribution >= 4 is 45.6 Å². The minimum absolute atomic E-state index is 0.0235. The Morgan fingerprint density at radius 3 is 2.68 bits per heavy atom. The predicted molar refractivity (Wildman–Crippen MR) is 120 cm³/mol. The molecule has 6 nitrogen and oxygen atoms in total. The summed E-state index contributed by atoms with van der Waals surface area (Å²) in [6.45, 7) is 2.23. The number of amides is 1. The highest BCUT2D eigenvalue weighted by atomic mass is 35.5. The van der Waals surface area contributed by atoms with Gasteiger partial charge in [0.05, 0.1) is 10.5 Å². The number of likely N-dealkylation sites (N-methyl/N-ethyl adjacent to an activating group) is 1. The number of aryl methyl sites for hydroxylation is 1. The normalized spacial score (nSPS) is 11.8. The topological polar surface area (TPSA) is 70.1 Å². The number of aromatic nitrogens is 2. The second-order valence-corrected chi connectivity index (χ2v) is 7.53. The fraction of sp³-hybridized carbons (Fsp3) is 0.227. The van der Waals surface area contributed by atoms with Crippen LogP contribution < -0.4 is 10.6 Å². The summed E-state index contributed by atoms with van der Waals surface area (Å²) in [5.41, 5.74) is 2.44. The third kappa shape index (κ3) is 5.53. The lowest BCUT2D eigenvalue weighted by molar-refractivity contribution is -0.114. The number of halogens is 3. The van der Waals surface area contributed by atoms with Crippen molar-refractivity contribution in [1.82, 2.24) is 14.9 Å². The van der Waals surface area contributed by atoms with E-state index in [-0.39, 0.29) is 5.02 Å². The van der Waals surface area contributed by atoms with E-state index in [4.69, 9.17) is 11.6 Å². The van der Waals surface area contributed by atoms with Gasteiger partial charge in [-0.3, -0.25) is 4.79 Å². The van der Waals surface area contributed by atoms with Crippen molar-refractivity contribution in [1.29, 1.82) is 0 Å².